The third-order valence-corrected chi connectivity index (χ3v) is 2.07. The highest BCUT2D eigenvalue weighted by Gasteiger charge is 2.25. The molecule has 1 aliphatic heterocycles. The summed E-state index contributed by atoms with van der Waals surface area (Å²) in [6.45, 7) is 4.88. The molecule has 3 nitrogen and oxygen atoms in total. The highest BCUT2D eigenvalue weighted by Crippen LogP contribution is 2.33. The molecule has 0 amide bonds. The third kappa shape index (κ3) is 1.54. The molecule has 0 saturated heterocycles. The fourth-order valence-corrected chi connectivity index (χ4v) is 1.42. The number of rotatable bonds is 0. The number of benzene rings is 1. The second-order valence-corrected chi connectivity index (χ2v) is 4.05. The van der Waals surface area contributed by atoms with Crippen molar-refractivity contribution in [2.24, 2.45) is 0 Å². The van der Waals surface area contributed by atoms with Gasteiger partial charge in [-0.25, -0.2) is 0 Å². The van der Waals surface area contributed by atoms with Gasteiger partial charge in [0.15, 0.2) is 0 Å². The van der Waals surface area contributed by atoms with Gasteiger partial charge in [0.05, 0.1) is 11.2 Å². The van der Waals surface area contributed by atoms with E-state index in [1.807, 2.05) is 18.2 Å². The molecule has 0 aliphatic carbocycles. The lowest BCUT2D eigenvalue weighted by Crippen LogP contribution is -2.40. The molecule has 13 heavy (non-hydrogen) atoms. The van der Waals surface area contributed by atoms with E-state index in [-0.39, 0.29) is 5.54 Å². The van der Waals surface area contributed by atoms with Crippen LogP contribution in [0.4, 0.5) is 11.4 Å². The van der Waals surface area contributed by atoms with Gasteiger partial charge in [-0.15, -0.1) is 0 Å². The fraction of sp³-hybridized carbons (Fsp3) is 0.400. The second-order valence-electron chi connectivity index (χ2n) is 4.05. The minimum absolute atomic E-state index is 0.00309. The van der Waals surface area contributed by atoms with Gasteiger partial charge in [0.1, 0.15) is 12.4 Å². The van der Waals surface area contributed by atoms with Crippen LogP contribution in [-0.4, -0.2) is 12.1 Å². The van der Waals surface area contributed by atoms with Gasteiger partial charge in [-0.3, -0.25) is 0 Å². The Hall–Kier alpha value is -1.38. The summed E-state index contributed by atoms with van der Waals surface area (Å²) in [6.07, 6.45) is 0. The van der Waals surface area contributed by atoms with E-state index in [9.17, 15) is 0 Å². The van der Waals surface area contributed by atoms with Gasteiger partial charge in [-0.05, 0) is 26.0 Å². The smallest absolute Gasteiger partial charge is 0.144 e. The van der Waals surface area contributed by atoms with Gasteiger partial charge in [0.2, 0.25) is 0 Å². The Kier molecular flexibility index (Phi) is 1.62. The standard InChI is InChI=1S/C10H14N2O/c1-10(2)6-13-9-5-7(11)3-4-8(9)12-10/h3-5,12H,6,11H2,1-2H3. The summed E-state index contributed by atoms with van der Waals surface area (Å²) in [7, 11) is 0. The molecular formula is C10H14N2O. The van der Waals surface area contributed by atoms with E-state index in [1.165, 1.54) is 0 Å². The van der Waals surface area contributed by atoms with Crippen molar-refractivity contribution in [3.05, 3.63) is 18.2 Å². The number of nitrogens with one attached hydrogen (secondary N) is 1. The minimum Gasteiger partial charge on any atom is -0.489 e. The molecule has 2 rings (SSSR count). The van der Waals surface area contributed by atoms with Crippen LogP contribution in [0.1, 0.15) is 13.8 Å². The highest BCUT2D eigenvalue weighted by molar-refractivity contribution is 5.64. The summed E-state index contributed by atoms with van der Waals surface area (Å²) >= 11 is 0. The van der Waals surface area contributed by atoms with Crippen LogP contribution < -0.4 is 15.8 Å². The number of fused-ring (bicyclic) bond motifs is 1. The molecule has 0 bridgehead atoms. The van der Waals surface area contributed by atoms with Crippen LogP contribution in [-0.2, 0) is 0 Å². The van der Waals surface area contributed by atoms with E-state index >= 15 is 0 Å². The first-order valence-electron chi connectivity index (χ1n) is 4.37. The fourth-order valence-electron chi connectivity index (χ4n) is 1.42. The molecule has 70 valence electrons. The zero-order chi connectivity index (χ0) is 9.47. The van der Waals surface area contributed by atoms with Crippen molar-refractivity contribution in [1.82, 2.24) is 0 Å². The molecule has 0 aromatic heterocycles. The predicted octanol–water partition coefficient (Wildman–Crippen LogP) is 1.85. The molecule has 1 heterocycles. The lowest BCUT2D eigenvalue weighted by atomic mass is 10.0. The average Bonchev–Trinajstić information content (AvgIpc) is 2.05. The molecule has 3 heteroatoms. The first kappa shape index (κ1) is 8.23. The van der Waals surface area contributed by atoms with Gasteiger partial charge in [-0.2, -0.15) is 0 Å². The van der Waals surface area contributed by atoms with Gasteiger partial charge in [-0.1, -0.05) is 0 Å². The van der Waals surface area contributed by atoms with Crippen LogP contribution in [0.15, 0.2) is 18.2 Å². The zero-order valence-corrected chi connectivity index (χ0v) is 7.92. The molecule has 0 spiro atoms. The monoisotopic (exact) mass is 178 g/mol. The number of anilines is 2. The number of hydrogen-bond donors (Lipinski definition) is 2. The Morgan fingerprint density at radius 1 is 1.46 bits per heavy atom. The van der Waals surface area contributed by atoms with Crippen LogP contribution in [0.5, 0.6) is 5.75 Å². The Labute approximate surface area is 77.9 Å². The topological polar surface area (TPSA) is 47.3 Å². The number of nitrogen functional groups attached to an aromatic ring is 1. The SMILES string of the molecule is CC1(C)COc2cc(N)ccc2N1. The van der Waals surface area contributed by atoms with E-state index in [4.69, 9.17) is 10.5 Å². The van der Waals surface area contributed by atoms with Gasteiger partial charge >= 0.3 is 0 Å². The van der Waals surface area contributed by atoms with Crippen LogP contribution in [0, 0.1) is 0 Å². The average molecular weight is 178 g/mol. The Morgan fingerprint density at radius 2 is 2.23 bits per heavy atom. The minimum atomic E-state index is 0.00309. The maximum atomic E-state index is 5.64. The number of hydrogen-bond acceptors (Lipinski definition) is 3. The summed E-state index contributed by atoms with van der Waals surface area (Å²) in [4.78, 5) is 0. The Morgan fingerprint density at radius 3 is 3.00 bits per heavy atom. The summed E-state index contributed by atoms with van der Waals surface area (Å²) < 4.78 is 5.58. The molecule has 1 aliphatic rings. The van der Waals surface area contributed by atoms with E-state index in [1.54, 1.807) is 0 Å². The van der Waals surface area contributed by atoms with Crippen molar-refractivity contribution in [3.63, 3.8) is 0 Å². The molecule has 0 fully saturated rings. The Bertz CT molecular complexity index is 334. The van der Waals surface area contributed by atoms with Gasteiger partial charge in [0, 0.05) is 11.8 Å². The van der Waals surface area contributed by atoms with Crippen molar-refractivity contribution in [3.8, 4) is 5.75 Å². The van der Waals surface area contributed by atoms with Crippen molar-refractivity contribution in [1.29, 1.82) is 0 Å². The van der Waals surface area contributed by atoms with Crippen molar-refractivity contribution in [2.75, 3.05) is 17.7 Å². The largest absolute Gasteiger partial charge is 0.489 e. The molecular weight excluding hydrogens is 164 g/mol. The molecule has 0 atom stereocenters. The summed E-state index contributed by atoms with van der Waals surface area (Å²) in [5.41, 5.74) is 7.40. The lowest BCUT2D eigenvalue weighted by molar-refractivity contribution is 0.242. The molecule has 0 unspecified atom stereocenters. The maximum Gasteiger partial charge on any atom is 0.144 e. The first-order valence-corrected chi connectivity index (χ1v) is 4.37. The first-order chi connectivity index (χ1) is 6.07. The van der Waals surface area contributed by atoms with E-state index < -0.39 is 0 Å². The molecule has 0 saturated carbocycles. The van der Waals surface area contributed by atoms with Crippen LogP contribution in [0.2, 0.25) is 0 Å². The molecule has 1 aromatic carbocycles. The van der Waals surface area contributed by atoms with Gasteiger partial charge in [0.25, 0.3) is 0 Å². The molecule has 1 aromatic rings. The number of ether oxygens (including phenoxy) is 1. The summed E-state index contributed by atoms with van der Waals surface area (Å²) in [6, 6.07) is 5.67. The summed E-state index contributed by atoms with van der Waals surface area (Å²) in [5, 5.41) is 3.38. The van der Waals surface area contributed by atoms with Crippen molar-refractivity contribution >= 4 is 11.4 Å². The van der Waals surface area contributed by atoms with E-state index in [2.05, 4.69) is 19.2 Å². The Balaban J connectivity index is 2.37. The van der Waals surface area contributed by atoms with Crippen LogP contribution >= 0.6 is 0 Å². The normalized spacial score (nSPS) is 18.3. The van der Waals surface area contributed by atoms with Crippen LogP contribution in [0.3, 0.4) is 0 Å². The highest BCUT2D eigenvalue weighted by atomic mass is 16.5. The second kappa shape index (κ2) is 2.55. The van der Waals surface area contributed by atoms with Crippen molar-refractivity contribution in [2.45, 2.75) is 19.4 Å². The quantitative estimate of drug-likeness (QED) is 0.596. The zero-order valence-electron chi connectivity index (χ0n) is 7.92. The summed E-state index contributed by atoms with van der Waals surface area (Å²) in [5.74, 6) is 0.847. The lowest BCUT2D eigenvalue weighted by Gasteiger charge is -2.33. The maximum absolute atomic E-state index is 5.64. The predicted molar refractivity (Wildman–Crippen MR) is 54.1 cm³/mol. The van der Waals surface area contributed by atoms with Gasteiger partial charge < -0.3 is 15.8 Å². The molecule has 3 N–H and O–H groups in total. The molecule has 0 radical (unpaired) electrons. The third-order valence-electron chi connectivity index (χ3n) is 2.07. The van der Waals surface area contributed by atoms with Crippen LogP contribution in [0.25, 0.3) is 0 Å². The van der Waals surface area contributed by atoms with Crippen molar-refractivity contribution < 1.29 is 4.74 Å². The number of nitrogens with two attached hydrogens (primary N) is 1. The van der Waals surface area contributed by atoms with E-state index in [0.29, 0.717) is 6.61 Å². The van der Waals surface area contributed by atoms with E-state index in [0.717, 1.165) is 17.1 Å².